The van der Waals surface area contributed by atoms with Crippen molar-refractivity contribution in [1.29, 1.82) is 0 Å². The molecule has 5 nitrogen and oxygen atoms in total. The number of hydrogen-bond donors (Lipinski definition) is 1. The first-order chi connectivity index (χ1) is 10.2. The summed E-state index contributed by atoms with van der Waals surface area (Å²) in [6.07, 6.45) is 2.62. The first-order valence-electron chi connectivity index (χ1n) is 7.48. The van der Waals surface area contributed by atoms with Gasteiger partial charge in [0.25, 0.3) is 0 Å². The summed E-state index contributed by atoms with van der Waals surface area (Å²) in [6.45, 7) is 5.29. The van der Waals surface area contributed by atoms with E-state index in [1.807, 2.05) is 26.0 Å². The van der Waals surface area contributed by atoms with Crippen LogP contribution in [-0.2, 0) is 13.2 Å². The predicted octanol–water partition coefficient (Wildman–Crippen LogP) is 3.02. The molecule has 1 fully saturated rings. The van der Waals surface area contributed by atoms with E-state index in [0.717, 1.165) is 18.3 Å². The lowest BCUT2D eigenvalue weighted by molar-refractivity contribution is 0.284. The van der Waals surface area contributed by atoms with Crippen LogP contribution >= 0.6 is 0 Å². The molecule has 0 saturated heterocycles. The monoisotopic (exact) mass is 287 g/mol. The second kappa shape index (κ2) is 6.26. The van der Waals surface area contributed by atoms with Crippen molar-refractivity contribution < 1.29 is 9.26 Å². The van der Waals surface area contributed by atoms with Gasteiger partial charge in [-0.3, -0.25) is 0 Å². The molecule has 1 aliphatic rings. The van der Waals surface area contributed by atoms with E-state index in [1.165, 1.54) is 18.4 Å². The van der Waals surface area contributed by atoms with Gasteiger partial charge in [-0.15, -0.1) is 0 Å². The average molecular weight is 287 g/mol. The van der Waals surface area contributed by atoms with Crippen molar-refractivity contribution in [3.8, 4) is 5.75 Å². The third-order valence-corrected chi connectivity index (χ3v) is 3.44. The van der Waals surface area contributed by atoms with Crippen molar-refractivity contribution in [2.45, 2.75) is 51.8 Å². The Morgan fingerprint density at radius 3 is 2.67 bits per heavy atom. The number of aromatic nitrogens is 2. The maximum atomic E-state index is 5.67. The quantitative estimate of drug-likeness (QED) is 0.848. The second-order valence-corrected chi connectivity index (χ2v) is 5.79. The maximum absolute atomic E-state index is 5.67. The summed E-state index contributed by atoms with van der Waals surface area (Å²) in [5.41, 5.74) is 1.27. The van der Waals surface area contributed by atoms with Crippen LogP contribution in [0, 0.1) is 0 Å². The van der Waals surface area contributed by atoms with Gasteiger partial charge in [0.15, 0.2) is 6.61 Å². The van der Waals surface area contributed by atoms with E-state index in [4.69, 9.17) is 9.26 Å². The molecule has 0 bridgehead atoms. The fraction of sp³-hybridized carbons (Fsp3) is 0.500. The molecule has 21 heavy (non-hydrogen) atoms. The van der Waals surface area contributed by atoms with Gasteiger partial charge in [0, 0.05) is 18.5 Å². The topological polar surface area (TPSA) is 60.2 Å². The van der Waals surface area contributed by atoms with Crippen molar-refractivity contribution in [2.24, 2.45) is 0 Å². The van der Waals surface area contributed by atoms with Gasteiger partial charge in [-0.1, -0.05) is 31.1 Å². The van der Waals surface area contributed by atoms with E-state index in [-0.39, 0.29) is 5.92 Å². The van der Waals surface area contributed by atoms with Crippen LogP contribution in [0.25, 0.3) is 0 Å². The Labute approximate surface area is 124 Å². The second-order valence-electron chi connectivity index (χ2n) is 5.79. The van der Waals surface area contributed by atoms with Gasteiger partial charge in [-0.05, 0) is 30.5 Å². The highest BCUT2D eigenvalue weighted by Crippen LogP contribution is 2.20. The number of nitrogens with one attached hydrogen (secondary N) is 1. The van der Waals surface area contributed by atoms with E-state index in [0.29, 0.717) is 18.3 Å². The largest absolute Gasteiger partial charge is 0.485 e. The standard InChI is InChI=1S/C16H21N3O2/c1-11(2)16-18-15(19-21-16)10-20-14-7-3-12(4-8-14)9-17-13-5-6-13/h3-4,7-8,11,13,17H,5-6,9-10H2,1-2H3. The lowest BCUT2D eigenvalue weighted by Crippen LogP contribution is -2.15. The Morgan fingerprint density at radius 2 is 2.05 bits per heavy atom. The van der Waals surface area contributed by atoms with Crippen LogP contribution in [0.2, 0.25) is 0 Å². The molecular formula is C16H21N3O2. The molecule has 1 N–H and O–H groups in total. The third kappa shape index (κ3) is 4.04. The Kier molecular flexibility index (Phi) is 4.20. The van der Waals surface area contributed by atoms with Gasteiger partial charge < -0.3 is 14.6 Å². The Balaban J connectivity index is 1.49. The minimum atomic E-state index is 0.240. The smallest absolute Gasteiger partial charge is 0.229 e. The minimum absolute atomic E-state index is 0.240. The number of benzene rings is 1. The molecule has 1 heterocycles. The summed E-state index contributed by atoms with van der Waals surface area (Å²) in [5, 5.41) is 7.40. The zero-order valence-electron chi connectivity index (χ0n) is 12.5. The molecule has 5 heteroatoms. The third-order valence-electron chi connectivity index (χ3n) is 3.44. The summed E-state index contributed by atoms with van der Waals surface area (Å²) in [6, 6.07) is 8.86. The van der Waals surface area contributed by atoms with Gasteiger partial charge in [0.2, 0.25) is 11.7 Å². The van der Waals surface area contributed by atoms with Crippen molar-refractivity contribution in [3.63, 3.8) is 0 Å². The summed E-state index contributed by atoms with van der Waals surface area (Å²) in [5.74, 6) is 2.29. The summed E-state index contributed by atoms with van der Waals surface area (Å²) >= 11 is 0. The van der Waals surface area contributed by atoms with Crippen LogP contribution in [0.5, 0.6) is 5.75 Å². The number of hydrogen-bond acceptors (Lipinski definition) is 5. The molecule has 1 aromatic carbocycles. The van der Waals surface area contributed by atoms with Gasteiger partial charge in [-0.25, -0.2) is 0 Å². The highest BCUT2D eigenvalue weighted by molar-refractivity contribution is 5.27. The lowest BCUT2D eigenvalue weighted by Gasteiger charge is -2.06. The van der Waals surface area contributed by atoms with Gasteiger partial charge >= 0.3 is 0 Å². The molecule has 0 spiro atoms. The molecular weight excluding hydrogens is 266 g/mol. The molecule has 1 aromatic heterocycles. The normalized spacial score (nSPS) is 14.6. The molecule has 0 aliphatic heterocycles. The van der Waals surface area contributed by atoms with E-state index in [1.54, 1.807) is 0 Å². The SMILES string of the molecule is CC(C)c1nc(COc2ccc(CNC3CC3)cc2)no1. The zero-order chi connectivity index (χ0) is 14.7. The van der Waals surface area contributed by atoms with E-state index in [9.17, 15) is 0 Å². The summed E-state index contributed by atoms with van der Waals surface area (Å²) in [7, 11) is 0. The van der Waals surface area contributed by atoms with Crippen molar-refractivity contribution in [1.82, 2.24) is 15.5 Å². The van der Waals surface area contributed by atoms with Gasteiger partial charge in [0.05, 0.1) is 0 Å². The Bertz CT molecular complexity index is 573. The van der Waals surface area contributed by atoms with E-state index < -0.39 is 0 Å². The van der Waals surface area contributed by atoms with Crippen LogP contribution in [0.4, 0.5) is 0 Å². The minimum Gasteiger partial charge on any atom is -0.485 e. The highest BCUT2D eigenvalue weighted by atomic mass is 16.5. The number of rotatable bonds is 7. The van der Waals surface area contributed by atoms with E-state index in [2.05, 4.69) is 27.6 Å². The summed E-state index contributed by atoms with van der Waals surface area (Å²) < 4.78 is 10.8. The van der Waals surface area contributed by atoms with Crippen molar-refractivity contribution in [2.75, 3.05) is 0 Å². The maximum Gasteiger partial charge on any atom is 0.229 e. The Hall–Kier alpha value is -1.88. The van der Waals surface area contributed by atoms with Gasteiger partial charge in [-0.2, -0.15) is 4.98 Å². The molecule has 1 aliphatic carbocycles. The Morgan fingerprint density at radius 1 is 1.29 bits per heavy atom. The number of nitrogens with zero attached hydrogens (tertiary/aromatic N) is 2. The fourth-order valence-corrected chi connectivity index (χ4v) is 1.96. The summed E-state index contributed by atoms with van der Waals surface area (Å²) in [4.78, 5) is 4.29. The highest BCUT2D eigenvalue weighted by Gasteiger charge is 2.19. The predicted molar refractivity (Wildman–Crippen MR) is 79.0 cm³/mol. The van der Waals surface area contributed by atoms with E-state index >= 15 is 0 Å². The molecule has 0 unspecified atom stereocenters. The first kappa shape index (κ1) is 14.1. The van der Waals surface area contributed by atoms with Crippen LogP contribution in [-0.4, -0.2) is 16.2 Å². The molecule has 112 valence electrons. The lowest BCUT2D eigenvalue weighted by atomic mass is 10.2. The zero-order valence-corrected chi connectivity index (χ0v) is 12.5. The molecule has 0 amide bonds. The molecule has 0 radical (unpaired) electrons. The first-order valence-corrected chi connectivity index (χ1v) is 7.48. The molecule has 1 saturated carbocycles. The average Bonchev–Trinajstić information content (AvgIpc) is 3.19. The van der Waals surface area contributed by atoms with Crippen LogP contribution in [0.3, 0.4) is 0 Å². The molecule has 0 atom stereocenters. The molecule has 2 aromatic rings. The molecule has 3 rings (SSSR count). The number of ether oxygens (including phenoxy) is 1. The van der Waals surface area contributed by atoms with Crippen molar-refractivity contribution in [3.05, 3.63) is 41.5 Å². The van der Waals surface area contributed by atoms with Crippen molar-refractivity contribution >= 4 is 0 Å². The van der Waals surface area contributed by atoms with Crippen LogP contribution < -0.4 is 10.1 Å². The van der Waals surface area contributed by atoms with Crippen LogP contribution in [0.15, 0.2) is 28.8 Å². The van der Waals surface area contributed by atoms with Crippen LogP contribution in [0.1, 0.15) is 49.9 Å². The van der Waals surface area contributed by atoms with Gasteiger partial charge in [0.1, 0.15) is 5.75 Å². The fourth-order valence-electron chi connectivity index (χ4n) is 1.96.